The predicted octanol–water partition coefficient (Wildman–Crippen LogP) is 3.64. The number of nitrogens with zero attached hydrogens (tertiary/aromatic N) is 3. The topological polar surface area (TPSA) is 43.9 Å². The Labute approximate surface area is 189 Å². The first-order valence-corrected chi connectivity index (χ1v) is 11.7. The monoisotopic (exact) mass is 465 g/mol. The first-order chi connectivity index (χ1) is 15.3. The summed E-state index contributed by atoms with van der Waals surface area (Å²) in [6, 6.07) is 8.71. The fraction of sp³-hybridized carbons (Fsp3) is 0.478. The van der Waals surface area contributed by atoms with Gasteiger partial charge in [0.25, 0.3) is 0 Å². The van der Waals surface area contributed by atoms with Crippen LogP contribution < -0.4 is 0 Å². The molecule has 1 unspecified atom stereocenters. The minimum Gasteiger partial charge on any atom is -0.338 e. The van der Waals surface area contributed by atoms with Crippen molar-refractivity contribution in [2.45, 2.75) is 38.0 Å². The molecule has 0 spiro atoms. The Morgan fingerprint density at radius 1 is 1.00 bits per heavy atom. The molecule has 32 heavy (non-hydrogen) atoms. The number of rotatable bonds is 5. The first-order valence-electron chi connectivity index (χ1n) is 10.8. The lowest BCUT2D eigenvalue weighted by Crippen LogP contribution is -2.54. The summed E-state index contributed by atoms with van der Waals surface area (Å²) in [4.78, 5) is 32.6. The molecule has 1 aromatic carbocycles. The summed E-state index contributed by atoms with van der Waals surface area (Å²) in [5, 5.41) is 1.94. The third kappa shape index (κ3) is 5.32. The van der Waals surface area contributed by atoms with Crippen LogP contribution in [-0.2, 0) is 28.7 Å². The highest BCUT2D eigenvalue weighted by molar-refractivity contribution is 7.10. The third-order valence-corrected chi connectivity index (χ3v) is 7.01. The van der Waals surface area contributed by atoms with Gasteiger partial charge in [-0.25, -0.2) is 0 Å². The zero-order valence-corrected chi connectivity index (χ0v) is 18.5. The lowest BCUT2D eigenvalue weighted by atomic mass is 10.1. The molecule has 3 heterocycles. The van der Waals surface area contributed by atoms with Crippen LogP contribution in [-0.4, -0.2) is 65.3 Å². The Hall–Kier alpha value is -2.39. The van der Waals surface area contributed by atoms with Gasteiger partial charge in [-0.15, -0.1) is 11.3 Å². The van der Waals surface area contributed by atoms with Crippen LogP contribution in [0, 0.1) is 0 Å². The van der Waals surface area contributed by atoms with Gasteiger partial charge >= 0.3 is 6.18 Å². The van der Waals surface area contributed by atoms with Crippen molar-refractivity contribution >= 4 is 23.2 Å². The lowest BCUT2D eigenvalue weighted by molar-refractivity contribution is -0.144. The van der Waals surface area contributed by atoms with Crippen LogP contribution in [0.5, 0.6) is 0 Å². The van der Waals surface area contributed by atoms with Crippen LogP contribution in [0.25, 0.3) is 0 Å². The molecule has 172 valence electrons. The molecule has 0 aliphatic carbocycles. The summed E-state index contributed by atoms with van der Waals surface area (Å²) in [6.45, 7) is 3.60. The normalized spacial score (nSPS) is 20.0. The highest BCUT2D eigenvalue weighted by Crippen LogP contribution is 2.29. The van der Waals surface area contributed by atoms with Gasteiger partial charge in [0, 0.05) is 44.1 Å². The Kier molecular flexibility index (Phi) is 6.85. The molecule has 2 aliphatic heterocycles. The molecule has 2 fully saturated rings. The second-order valence-electron chi connectivity index (χ2n) is 8.30. The second-order valence-corrected chi connectivity index (χ2v) is 9.33. The standard InChI is InChI=1S/C23H26F3N3O2S/c24-23(25,26)18-7-5-17(6-8-18)16-27-10-12-28(13-11-27)22(31)20-4-1-9-29(20)21(30)15-19-3-2-14-32-19/h2-3,5-8,14,20H,1,4,9-13,15-16H2. The van der Waals surface area contributed by atoms with E-state index in [9.17, 15) is 22.8 Å². The summed E-state index contributed by atoms with van der Waals surface area (Å²) in [7, 11) is 0. The molecule has 1 aromatic heterocycles. The van der Waals surface area contributed by atoms with Crippen molar-refractivity contribution in [3.05, 3.63) is 57.8 Å². The summed E-state index contributed by atoms with van der Waals surface area (Å²) >= 11 is 1.55. The number of alkyl halides is 3. The van der Waals surface area contributed by atoms with E-state index in [1.165, 1.54) is 12.1 Å². The Balaban J connectivity index is 1.28. The number of thiophene rings is 1. The van der Waals surface area contributed by atoms with Crippen LogP contribution in [0.1, 0.15) is 28.8 Å². The molecular formula is C23H26F3N3O2S. The van der Waals surface area contributed by atoms with Gasteiger partial charge in [-0.05, 0) is 42.0 Å². The number of carbonyl (C=O) groups is 2. The second kappa shape index (κ2) is 9.62. The van der Waals surface area contributed by atoms with Crippen molar-refractivity contribution in [3.8, 4) is 0 Å². The largest absolute Gasteiger partial charge is 0.416 e. The van der Waals surface area contributed by atoms with Gasteiger partial charge < -0.3 is 9.80 Å². The molecule has 2 saturated heterocycles. The number of halogens is 3. The van der Waals surface area contributed by atoms with Crippen LogP contribution in [0.2, 0.25) is 0 Å². The summed E-state index contributed by atoms with van der Waals surface area (Å²) in [5.41, 5.74) is 0.172. The summed E-state index contributed by atoms with van der Waals surface area (Å²) in [5.74, 6) is 0.0143. The zero-order chi connectivity index (χ0) is 22.7. The van der Waals surface area contributed by atoms with E-state index in [1.54, 1.807) is 16.2 Å². The van der Waals surface area contributed by atoms with E-state index in [1.807, 2.05) is 22.4 Å². The average molecular weight is 466 g/mol. The van der Waals surface area contributed by atoms with Gasteiger partial charge in [-0.1, -0.05) is 18.2 Å². The van der Waals surface area contributed by atoms with E-state index in [4.69, 9.17) is 0 Å². The van der Waals surface area contributed by atoms with Gasteiger partial charge in [0.1, 0.15) is 6.04 Å². The van der Waals surface area contributed by atoms with Crippen molar-refractivity contribution in [3.63, 3.8) is 0 Å². The molecule has 1 atom stereocenters. The molecular weight excluding hydrogens is 439 g/mol. The van der Waals surface area contributed by atoms with Gasteiger partial charge in [-0.2, -0.15) is 13.2 Å². The molecule has 0 radical (unpaired) electrons. The highest BCUT2D eigenvalue weighted by Gasteiger charge is 2.37. The fourth-order valence-electron chi connectivity index (χ4n) is 4.38. The van der Waals surface area contributed by atoms with E-state index >= 15 is 0 Å². The Morgan fingerprint density at radius 2 is 1.72 bits per heavy atom. The maximum atomic E-state index is 13.1. The highest BCUT2D eigenvalue weighted by atomic mass is 32.1. The van der Waals surface area contributed by atoms with Gasteiger partial charge in [-0.3, -0.25) is 14.5 Å². The van der Waals surface area contributed by atoms with Crippen LogP contribution in [0.4, 0.5) is 13.2 Å². The molecule has 2 aromatic rings. The van der Waals surface area contributed by atoms with Crippen LogP contribution in [0.15, 0.2) is 41.8 Å². The van der Waals surface area contributed by atoms with Crippen LogP contribution in [0.3, 0.4) is 0 Å². The number of amides is 2. The number of hydrogen-bond donors (Lipinski definition) is 0. The van der Waals surface area contributed by atoms with Crippen molar-refractivity contribution < 1.29 is 22.8 Å². The van der Waals surface area contributed by atoms with E-state index in [0.29, 0.717) is 52.1 Å². The van der Waals surface area contributed by atoms with Crippen LogP contribution >= 0.6 is 11.3 Å². The summed E-state index contributed by atoms with van der Waals surface area (Å²) < 4.78 is 38.2. The smallest absolute Gasteiger partial charge is 0.338 e. The van der Waals surface area contributed by atoms with E-state index in [2.05, 4.69) is 4.90 Å². The molecule has 2 aliphatic rings. The van der Waals surface area contributed by atoms with Gasteiger partial charge in [0.2, 0.25) is 11.8 Å². The SMILES string of the molecule is O=C(C1CCCN1C(=O)Cc1cccs1)N1CCN(Cc2ccc(C(F)(F)F)cc2)CC1. The van der Waals surface area contributed by atoms with Crippen molar-refractivity contribution in [2.75, 3.05) is 32.7 Å². The molecule has 0 N–H and O–H groups in total. The zero-order valence-electron chi connectivity index (χ0n) is 17.7. The molecule has 9 heteroatoms. The third-order valence-electron chi connectivity index (χ3n) is 6.14. The molecule has 4 rings (SSSR count). The minimum absolute atomic E-state index is 0.00393. The van der Waals surface area contributed by atoms with E-state index < -0.39 is 11.7 Å². The fourth-order valence-corrected chi connectivity index (χ4v) is 5.08. The number of hydrogen-bond acceptors (Lipinski definition) is 4. The minimum atomic E-state index is -4.33. The van der Waals surface area contributed by atoms with Crippen molar-refractivity contribution in [1.29, 1.82) is 0 Å². The van der Waals surface area contributed by atoms with Crippen molar-refractivity contribution in [1.82, 2.24) is 14.7 Å². The number of carbonyl (C=O) groups excluding carboxylic acids is 2. The molecule has 5 nitrogen and oxygen atoms in total. The molecule has 0 saturated carbocycles. The van der Waals surface area contributed by atoms with E-state index in [0.717, 1.165) is 29.0 Å². The first kappa shape index (κ1) is 22.8. The van der Waals surface area contributed by atoms with Crippen molar-refractivity contribution in [2.24, 2.45) is 0 Å². The Morgan fingerprint density at radius 3 is 2.34 bits per heavy atom. The maximum Gasteiger partial charge on any atom is 0.416 e. The molecule has 0 bridgehead atoms. The van der Waals surface area contributed by atoms with E-state index in [-0.39, 0.29) is 17.9 Å². The maximum absolute atomic E-state index is 13.1. The molecule has 2 amide bonds. The number of likely N-dealkylation sites (tertiary alicyclic amines) is 1. The average Bonchev–Trinajstić information content (AvgIpc) is 3.46. The Bertz CT molecular complexity index is 923. The predicted molar refractivity (Wildman–Crippen MR) is 116 cm³/mol. The number of piperazine rings is 1. The van der Waals surface area contributed by atoms with Gasteiger partial charge in [0.15, 0.2) is 0 Å². The number of benzene rings is 1. The lowest BCUT2D eigenvalue weighted by Gasteiger charge is -2.37. The summed E-state index contributed by atoms with van der Waals surface area (Å²) in [6.07, 6.45) is -2.46. The van der Waals surface area contributed by atoms with Gasteiger partial charge in [0.05, 0.1) is 12.0 Å². The quantitative estimate of drug-likeness (QED) is 0.677.